The molecule has 0 saturated carbocycles. The Hall–Kier alpha value is -2.08. The number of carbonyl (C=O) groups is 2. The molecule has 2 heterocycles. The summed E-state index contributed by atoms with van der Waals surface area (Å²) in [5.41, 5.74) is 0.625. The summed E-state index contributed by atoms with van der Waals surface area (Å²) in [7, 11) is 0. The van der Waals surface area contributed by atoms with Gasteiger partial charge in [0.05, 0.1) is 6.04 Å². The van der Waals surface area contributed by atoms with Crippen LogP contribution in [0.5, 0.6) is 0 Å². The minimum absolute atomic E-state index is 0.123. The number of hydrogen-bond acceptors (Lipinski definition) is 4. The summed E-state index contributed by atoms with van der Waals surface area (Å²) in [6.07, 6.45) is 0.236. The molecule has 21 heavy (non-hydrogen) atoms. The summed E-state index contributed by atoms with van der Waals surface area (Å²) < 4.78 is 5.45. The van der Waals surface area contributed by atoms with Gasteiger partial charge in [0, 0.05) is 23.9 Å². The minimum atomic E-state index is -0.182. The zero-order valence-electron chi connectivity index (χ0n) is 12.0. The molecule has 0 fully saturated rings. The molecule has 2 N–H and O–H groups in total. The third kappa shape index (κ3) is 4.46. The number of carbonyl (C=O) groups excluding carboxylic acids is 2. The van der Waals surface area contributed by atoms with Gasteiger partial charge in [-0.05, 0) is 37.4 Å². The molecule has 0 aliphatic rings. The van der Waals surface area contributed by atoms with Crippen LogP contribution in [-0.4, -0.2) is 18.4 Å². The van der Waals surface area contributed by atoms with Crippen molar-refractivity contribution in [2.45, 2.75) is 26.3 Å². The highest BCUT2D eigenvalue weighted by Gasteiger charge is 2.13. The van der Waals surface area contributed by atoms with Crippen LogP contribution in [0.1, 0.15) is 41.3 Å². The van der Waals surface area contributed by atoms with E-state index in [2.05, 4.69) is 10.6 Å². The lowest BCUT2D eigenvalue weighted by Crippen LogP contribution is -2.31. The number of hydrogen-bond donors (Lipinski definition) is 2. The molecule has 2 aromatic heterocycles. The van der Waals surface area contributed by atoms with Gasteiger partial charge in [-0.3, -0.25) is 9.59 Å². The van der Waals surface area contributed by atoms with Gasteiger partial charge < -0.3 is 15.1 Å². The first-order chi connectivity index (χ1) is 10.1. The molecule has 6 heteroatoms. The van der Waals surface area contributed by atoms with E-state index in [4.69, 9.17) is 4.42 Å². The van der Waals surface area contributed by atoms with Gasteiger partial charge >= 0.3 is 0 Å². The minimum Gasteiger partial charge on any atom is -0.464 e. The highest BCUT2D eigenvalue weighted by atomic mass is 32.1. The van der Waals surface area contributed by atoms with Crippen molar-refractivity contribution in [3.63, 3.8) is 0 Å². The van der Waals surface area contributed by atoms with Crippen molar-refractivity contribution in [1.82, 2.24) is 10.6 Å². The average molecular weight is 306 g/mol. The molecule has 2 aromatic rings. The summed E-state index contributed by atoms with van der Waals surface area (Å²) in [5.74, 6) is 1.26. The number of amides is 2. The van der Waals surface area contributed by atoms with Crippen molar-refractivity contribution in [1.29, 1.82) is 0 Å². The fourth-order valence-corrected chi connectivity index (χ4v) is 2.49. The first-order valence-corrected chi connectivity index (χ1v) is 7.66. The van der Waals surface area contributed by atoms with Crippen LogP contribution in [0, 0.1) is 6.92 Å². The van der Waals surface area contributed by atoms with Crippen molar-refractivity contribution in [2.75, 3.05) is 6.54 Å². The van der Waals surface area contributed by atoms with Crippen LogP contribution in [0.25, 0.3) is 0 Å². The summed E-state index contributed by atoms with van der Waals surface area (Å²) in [4.78, 5) is 23.5. The van der Waals surface area contributed by atoms with E-state index in [1.54, 1.807) is 11.4 Å². The van der Waals surface area contributed by atoms with E-state index in [0.717, 1.165) is 11.5 Å². The quantitative estimate of drug-likeness (QED) is 0.862. The second kappa shape index (κ2) is 7.08. The Bertz CT molecular complexity index is 604. The van der Waals surface area contributed by atoms with Gasteiger partial charge in [0.1, 0.15) is 11.5 Å². The molecule has 0 saturated heterocycles. The Balaban J connectivity index is 1.71. The van der Waals surface area contributed by atoms with Gasteiger partial charge in [0.2, 0.25) is 5.91 Å². The zero-order chi connectivity index (χ0) is 15.2. The molecular formula is C15H18N2O3S. The van der Waals surface area contributed by atoms with E-state index >= 15 is 0 Å². The van der Waals surface area contributed by atoms with E-state index in [1.165, 1.54) is 11.3 Å². The maximum absolute atomic E-state index is 11.8. The number of nitrogens with one attached hydrogen (secondary N) is 2. The Morgan fingerprint density at radius 2 is 2.14 bits per heavy atom. The summed E-state index contributed by atoms with van der Waals surface area (Å²) in [5, 5.41) is 9.17. The normalized spacial score (nSPS) is 11.9. The molecule has 2 rings (SSSR count). The van der Waals surface area contributed by atoms with Crippen molar-refractivity contribution in [3.8, 4) is 0 Å². The van der Waals surface area contributed by atoms with Crippen molar-refractivity contribution in [3.05, 3.63) is 46.0 Å². The van der Waals surface area contributed by atoms with E-state index in [-0.39, 0.29) is 24.3 Å². The lowest BCUT2D eigenvalue weighted by atomic mass is 10.2. The van der Waals surface area contributed by atoms with Gasteiger partial charge in [0.15, 0.2) is 0 Å². The molecule has 0 aromatic carbocycles. The molecule has 5 nitrogen and oxygen atoms in total. The Kier molecular flexibility index (Phi) is 5.16. The fraction of sp³-hybridized carbons (Fsp3) is 0.333. The van der Waals surface area contributed by atoms with E-state index < -0.39 is 0 Å². The lowest BCUT2D eigenvalue weighted by molar-refractivity contribution is -0.121. The largest absolute Gasteiger partial charge is 0.464 e. The van der Waals surface area contributed by atoms with E-state index in [9.17, 15) is 9.59 Å². The Morgan fingerprint density at radius 1 is 1.33 bits per heavy atom. The Morgan fingerprint density at radius 3 is 2.76 bits per heavy atom. The van der Waals surface area contributed by atoms with Gasteiger partial charge in [-0.25, -0.2) is 0 Å². The molecule has 1 atom stereocenters. The second-order valence-corrected chi connectivity index (χ2v) is 5.54. The zero-order valence-corrected chi connectivity index (χ0v) is 12.8. The summed E-state index contributed by atoms with van der Waals surface area (Å²) in [6, 6.07) is 5.28. The van der Waals surface area contributed by atoms with Crippen LogP contribution in [0.2, 0.25) is 0 Å². The lowest BCUT2D eigenvalue weighted by Gasteiger charge is -2.11. The maximum Gasteiger partial charge on any atom is 0.252 e. The van der Waals surface area contributed by atoms with Gasteiger partial charge in [-0.1, -0.05) is 0 Å². The van der Waals surface area contributed by atoms with Crippen LogP contribution in [0.15, 0.2) is 33.4 Å². The molecule has 0 radical (unpaired) electrons. The molecule has 0 bridgehead atoms. The van der Waals surface area contributed by atoms with Crippen LogP contribution < -0.4 is 10.6 Å². The highest BCUT2D eigenvalue weighted by Crippen LogP contribution is 2.15. The molecule has 112 valence electrons. The molecular weight excluding hydrogens is 288 g/mol. The topological polar surface area (TPSA) is 71.3 Å². The first-order valence-electron chi connectivity index (χ1n) is 6.72. The SMILES string of the molecule is Cc1ccc(C(C)NC(=O)CCNC(=O)c2ccsc2)o1. The maximum atomic E-state index is 11.8. The molecule has 0 aliphatic heterocycles. The predicted molar refractivity (Wildman–Crippen MR) is 81.3 cm³/mol. The van der Waals surface area contributed by atoms with Crippen molar-refractivity contribution in [2.24, 2.45) is 0 Å². The third-order valence-electron chi connectivity index (χ3n) is 2.99. The third-order valence-corrected chi connectivity index (χ3v) is 3.67. The molecule has 0 spiro atoms. The standard InChI is InChI=1S/C15H18N2O3S/c1-10-3-4-13(20-10)11(2)17-14(18)5-7-16-15(19)12-6-8-21-9-12/h3-4,6,8-9,11H,5,7H2,1-2H3,(H,16,19)(H,17,18). The molecule has 0 aliphatic carbocycles. The molecule has 1 unspecified atom stereocenters. The van der Waals surface area contributed by atoms with E-state index in [1.807, 2.05) is 31.4 Å². The summed E-state index contributed by atoms with van der Waals surface area (Å²) in [6.45, 7) is 4.03. The van der Waals surface area contributed by atoms with Gasteiger partial charge in [-0.15, -0.1) is 0 Å². The van der Waals surface area contributed by atoms with Crippen LogP contribution in [0.3, 0.4) is 0 Å². The van der Waals surface area contributed by atoms with Gasteiger partial charge in [-0.2, -0.15) is 11.3 Å². The average Bonchev–Trinajstić information content (AvgIpc) is 3.09. The van der Waals surface area contributed by atoms with Crippen LogP contribution >= 0.6 is 11.3 Å². The van der Waals surface area contributed by atoms with Crippen molar-refractivity contribution < 1.29 is 14.0 Å². The monoisotopic (exact) mass is 306 g/mol. The number of aryl methyl sites for hydroxylation is 1. The van der Waals surface area contributed by atoms with Crippen LogP contribution in [0.4, 0.5) is 0 Å². The van der Waals surface area contributed by atoms with Crippen molar-refractivity contribution >= 4 is 23.2 Å². The molecule has 2 amide bonds. The number of furan rings is 1. The van der Waals surface area contributed by atoms with Gasteiger partial charge in [0.25, 0.3) is 5.91 Å². The highest BCUT2D eigenvalue weighted by molar-refractivity contribution is 7.08. The predicted octanol–water partition coefficient (Wildman–Crippen LogP) is 2.65. The number of thiophene rings is 1. The smallest absolute Gasteiger partial charge is 0.252 e. The number of rotatable bonds is 6. The fourth-order valence-electron chi connectivity index (χ4n) is 1.86. The summed E-state index contributed by atoms with van der Waals surface area (Å²) >= 11 is 1.47. The first kappa shape index (κ1) is 15.3. The van der Waals surface area contributed by atoms with Crippen LogP contribution in [-0.2, 0) is 4.79 Å². The Labute approximate surface area is 127 Å². The second-order valence-electron chi connectivity index (χ2n) is 4.76. The van der Waals surface area contributed by atoms with E-state index in [0.29, 0.717) is 12.1 Å².